The summed E-state index contributed by atoms with van der Waals surface area (Å²) in [5.74, 6) is 5.76. The molecular formula is C16H14O2. The van der Waals surface area contributed by atoms with Gasteiger partial charge in [-0.15, -0.1) is 0 Å². The summed E-state index contributed by atoms with van der Waals surface area (Å²) in [6.07, 6.45) is 4.88. The van der Waals surface area contributed by atoms with Crippen molar-refractivity contribution in [2.45, 2.75) is 0 Å². The highest BCUT2D eigenvalue weighted by Crippen LogP contribution is 2.11. The summed E-state index contributed by atoms with van der Waals surface area (Å²) >= 11 is 0. The van der Waals surface area contributed by atoms with E-state index in [1.807, 2.05) is 0 Å². The van der Waals surface area contributed by atoms with E-state index >= 15 is 0 Å². The molecule has 2 heteroatoms. The highest BCUT2D eigenvalue weighted by atomic mass is 16.5. The molecule has 0 heterocycles. The quantitative estimate of drug-likeness (QED) is 0.348. The van der Waals surface area contributed by atoms with Gasteiger partial charge in [0.05, 0.1) is 7.11 Å². The second kappa shape index (κ2) is 6.93. The third kappa shape index (κ3) is 3.80. The van der Waals surface area contributed by atoms with E-state index in [1.54, 1.807) is 49.6 Å². The Morgan fingerprint density at radius 1 is 1.22 bits per heavy atom. The summed E-state index contributed by atoms with van der Waals surface area (Å²) in [6.45, 7) is 7.17. The Balaban J connectivity index is 2.88. The minimum atomic E-state index is -0.241. The SMILES string of the molecule is C=C/C=C(/C#CC(=O)c1ccc(OC)cc1)C=C. The Morgan fingerprint density at radius 3 is 2.39 bits per heavy atom. The number of ketones is 1. The van der Waals surface area contributed by atoms with E-state index in [2.05, 4.69) is 25.0 Å². The van der Waals surface area contributed by atoms with Crippen molar-refractivity contribution in [3.8, 4) is 17.6 Å². The molecule has 2 nitrogen and oxygen atoms in total. The van der Waals surface area contributed by atoms with Crippen LogP contribution in [-0.4, -0.2) is 12.9 Å². The molecule has 0 fully saturated rings. The molecule has 0 saturated carbocycles. The van der Waals surface area contributed by atoms with Crippen LogP contribution >= 0.6 is 0 Å². The molecule has 0 saturated heterocycles. The predicted octanol–water partition coefficient (Wildman–Crippen LogP) is 3.18. The summed E-state index contributed by atoms with van der Waals surface area (Å²) < 4.78 is 5.02. The topological polar surface area (TPSA) is 26.3 Å². The Bertz CT molecular complexity index is 537. The third-order valence-corrected chi connectivity index (χ3v) is 2.19. The van der Waals surface area contributed by atoms with Crippen LogP contribution in [-0.2, 0) is 0 Å². The Morgan fingerprint density at radius 2 is 1.89 bits per heavy atom. The summed E-state index contributed by atoms with van der Waals surface area (Å²) in [5, 5.41) is 0. The van der Waals surface area contributed by atoms with Crippen LogP contribution in [0.4, 0.5) is 0 Å². The van der Waals surface area contributed by atoms with Gasteiger partial charge in [0.1, 0.15) is 5.75 Å². The Labute approximate surface area is 107 Å². The van der Waals surface area contributed by atoms with E-state index in [0.29, 0.717) is 16.9 Å². The van der Waals surface area contributed by atoms with Crippen molar-refractivity contribution in [1.82, 2.24) is 0 Å². The zero-order chi connectivity index (χ0) is 13.4. The molecule has 0 N–H and O–H groups in total. The number of hydrogen-bond donors (Lipinski definition) is 0. The normalized spacial score (nSPS) is 9.94. The second-order valence-electron chi connectivity index (χ2n) is 3.37. The number of benzene rings is 1. The standard InChI is InChI=1S/C16H14O2/c1-4-6-13(5-2)7-12-16(17)14-8-10-15(18-3)11-9-14/h4-6,8-11H,1-2H2,3H3/b13-6+. The van der Waals surface area contributed by atoms with Crippen LogP contribution in [0.3, 0.4) is 0 Å². The molecule has 0 aliphatic rings. The van der Waals surface area contributed by atoms with Crippen LogP contribution in [0.15, 0.2) is 61.2 Å². The van der Waals surface area contributed by atoms with Crippen LogP contribution in [0, 0.1) is 11.8 Å². The maximum absolute atomic E-state index is 11.8. The number of rotatable bonds is 4. The minimum absolute atomic E-state index is 0.241. The van der Waals surface area contributed by atoms with Gasteiger partial charge in [-0.2, -0.15) is 0 Å². The average molecular weight is 238 g/mol. The molecule has 0 amide bonds. The molecule has 0 aliphatic heterocycles. The van der Waals surface area contributed by atoms with Crippen LogP contribution in [0.5, 0.6) is 5.75 Å². The number of carbonyl (C=O) groups excluding carboxylic acids is 1. The molecular weight excluding hydrogens is 224 g/mol. The summed E-state index contributed by atoms with van der Waals surface area (Å²) in [4.78, 5) is 11.8. The second-order valence-corrected chi connectivity index (χ2v) is 3.37. The van der Waals surface area contributed by atoms with Crippen molar-refractivity contribution in [1.29, 1.82) is 0 Å². The van der Waals surface area contributed by atoms with E-state index in [4.69, 9.17) is 4.74 Å². The van der Waals surface area contributed by atoms with E-state index in [-0.39, 0.29) is 5.78 Å². The van der Waals surface area contributed by atoms with Gasteiger partial charge in [0, 0.05) is 11.1 Å². The maximum atomic E-state index is 11.8. The van der Waals surface area contributed by atoms with Gasteiger partial charge in [0.25, 0.3) is 0 Å². The van der Waals surface area contributed by atoms with Gasteiger partial charge in [-0.3, -0.25) is 4.79 Å². The number of carbonyl (C=O) groups is 1. The lowest BCUT2D eigenvalue weighted by Gasteiger charge is -1.98. The van der Waals surface area contributed by atoms with Gasteiger partial charge in [-0.05, 0) is 36.3 Å². The fourth-order valence-electron chi connectivity index (χ4n) is 1.23. The molecule has 0 atom stereocenters. The molecule has 0 aromatic heterocycles. The first-order chi connectivity index (χ1) is 8.71. The lowest BCUT2D eigenvalue weighted by Crippen LogP contribution is -1.95. The van der Waals surface area contributed by atoms with Gasteiger partial charge in [0.15, 0.2) is 0 Å². The first-order valence-corrected chi connectivity index (χ1v) is 5.37. The van der Waals surface area contributed by atoms with Crippen LogP contribution in [0.1, 0.15) is 10.4 Å². The molecule has 1 aromatic rings. The van der Waals surface area contributed by atoms with Gasteiger partial charge in [-0.25, -0.2) is 0 Å². The van der Waals surface area contributed by atoms with E-state index in [0.717, 1.165) is 0 Å². The first-order valence-electron chi connectivity index (χ1n) is 5.37. The zero-order valence-corrected chi connectivity index (χ0v) is 10.3. The number of methoxy groups -OCH3 is 1. The lowest BCUT2D eigenvalue weighted by atomic mass is 10.1. The van der Waals surface area contributed by atoms with Gasteiger partial charge >= 0.3 is 0 Å². The van der Waals surface area contributed by atoms with Crippen molar-refractivity contribution in [2.75, 3.05) is 7.11 Å². The molecule has 90 valence electrons. The third-order valence-electron chi connectivity index (χ3n) is 2.19. The van der Waals surface area contributed by atoms with Gasteiger partial charge in [-0.1, -0.05) is 31.2 Å². The van der Waals surface area contributed by atoms with Crippen LogP contribution in [0.25, 0.3) is 0 Å². The number of hydrogen-bond acceptors (Lipinski definition) is 2. The van der Waals surface area contributed by atoms with Crippen molar-refractivity contribution in [2.24, 2.45) is 0 Å². The van der Waals surface area contributed by atoms with Gasteiger partial charge in [0.2, 0.25) is 5.78 Å². The Hall–Kier alpha value is -2.53. The van der Waals surface area contributed by atoms with Crippen molar-refractivity contribution in [3.05, 3.63) is 66.8 Å². The molecule has 0 spiro atoms. The fraction of sp³-hybridized carbons (Fsp3) is 0.0625. The fourth-order valence-corrected chi connectivity index (χ4v) is 1.23. The Kier molecular flexibility index (Phi) is 5.21. The van der Waals surface area contributed by atoms with Crippen LogP contribution < -0.4 is 4.74 Å². The van der Waals surface area contributed by atoms with Crippen LogP contribution in [0.2, 0.25) is 0 Å². The average Bonchev–Trinajstić information content (AvgIpc) is 2.43. The summed E-state index contributed by atoms with van der Waals surface area (Å²) in [6, 6.07) is 6.81. The summed E-state index contributed by atoms with van der Waals surface area (Å²) in [5.41, 5.74) is 1.19. The molecule has 1 aromatic carbocycles. The van der Waals surface area contributed by atoms with Gasteiger partial charge < -0.3 is 4.74 Å². The number of Topliss-reactive ketones (excluding diaryl/α,β-unsaturated/α-hetero) is 1. The van der Waals surface area contributed by atoms with Crippen molar-refractivity contribution in [3.63, 3.8) is 0 Å². The molecule has 0 radical (unpaired) electrons. The van der Waals surface area contributed by atoms with E-state index in [1.165, 1.54) is 0 Å². The molecule has 0 bridgehead atoms. The first kappa shape index (κ1) is 13.5. The lowest BCUT2D eigenvalue weighted by molar-refractivity contribution is 0.105. The summed E-state index contributed by atoms with van der Waals surface area (Å²) in [7, 11) is 1.58. The molecule has 0 aliphatic carbocycles. The number of allylic oxidation sites excluding steroid dienone is 4. The highest BCUT2D eigenvalue weighted by molar-refractivity contribution is 6.09. The molecule has 18 heavy (non-hydrogen) atoms. The van der Waals surface area contributed by atoms with Crippen molar-refractivity contribution < 1.29 is 9.53 Å². The number of ether oxygens (including phenoxy) is 1. The molecule has 0 unspecified atom stereocenters. The maximum Gasteiger partial charge on any atom is 0.236 e. The molecule has 1 rings (SSSR count). The van der Waals surface area contributed by atoms with E-state index in [9.17, 15) is 4.79 Å². The largest absolute Gasteiger partial charge is 0.497 e. The predicted molar refractivity (Wildman–Crippen MR) is 73.6 cm³/mol. The monoisotopic (exact) mass is 238 g/mol. The minimum Gasteiger partial charge on any atom is -0.497 e. The smallest absolute Gasteiger partial charge is 0.236 e. The van der Waals surface area contributed by atoms with E-state index < -0.39 is 0 Å². The zero-order valence-electron chi connectivity index (χ0n) is 10.3. The highest BCUT2D eigenvalue weighted by Gasteiger charge is 2.01. The van der Waals surface area contributed by atoms with Crippen molar-refractivity contribution >= 4 is 5.78 Å².